The molecule has 2 aromatic rings. The molecule has 6 nitrogen and oxygen atoms in total. The fraction of sp³-hybridized carbons (Fsp3) is 0.600. The second-order valence-electron chi connectivity index (χ2n) is 6.16. The van der Waals surface area contributed by atoms with Gasteiger partial charge in [-0.2, -0.15) is 4.31 Å². The number of aromatic nitrogens is 2. The quantitative estimate of drug-likeness (QED) is 0.843. The minimum Gasteiger partial charge on any atom is -0.420 e. The molecule has 3 heterocycles. The molecule has 2 fully saturated rings. The molecular weight excluding hydrogens is 334 g/mol. The number of nitrogens with zero attached hydrogens (tertiary/aromatic N) is 3. The molecule has 1 aliphatic heterocycles. The van der Waals surface area contributed by atoms with Crippen LogP contribution in [0.25, 0.3) is 10.8 Å². The monoisotopic (exact) mass is 353 g/mol. The van der Waals surface area contributed by atoms with Gasteiger partial charge in [0, 0.05) is 19.0 Å². The lowest BCUT2D eigenvalue weighted by Gasteiger charge is -2.18. The smallest absolute Gasteiger partial charge is 0.257 e. The Morgan fingerprint density at radius 1 is 1.09 bits per heavy atom. The lowest BCUT2D eigenvalue weighted by atomic mass is 10.2. The van der Waals surface area contributed by atoms with Crippen molar-refractivity contribution < 1.29 is 12.8 Å². The summed E-state index contributed by atoms with van der Waals surface area (Å²) in [6.07, 6.45) is 6.28. The summed E-state index contributed by atoms with van der Waals surface area (Å²) in [6.45, 7) is 1.23. The highest BCUT2D eigenvalue weighted by Gasteiger charge is 2.31. The third-order valence-corrected chi connectivity index (χ3v) is 7.76. The van der Waals surface area contributed by atoms with E-state index in [9.17, 15) is 8.42 Å². The Labute approximate surface area is 139 Å². The Bertz CT molecular complexity index is 785. The van der Waals surface area contributed by atoms with Crippen LogP contribution in [0.2, 0.25) is 0 Å². The number of hydrogen-bond acceptors (Lipinski definition) is 6. The number of sulfonamides is 1. The van der Waals surface area contributed by atoms with Crippen LogP contribution >= 0.6 is 11.3 Å². The summed E-state index contributed by atoms with van der Waals surface area (Å²) in [5.74, 6) is 1.50. The Morgan fingerprint density at radius 2 is 1.83 bits per heavy atom. The number of rotatable bonds is 4. The molecule has 0 atom stereocenters. The maximum atomic E-state index is 12.8. The van der Waals surface area contributed by atoms with Crippen molar-refractivity contribution in [3.63, 3.8) is 0 Å². The molecule has 4 rings (SSSR count). The van der Waals surface area contributed by atoms with Gasteiger partial charge in [0.25, 0.3) is 15.9 Å². The third kappa shape index (κ3) is 3.07. The fourth-order valence-electron chi connectivity index (χ4n) is 2.81. The Hall–Kier alpha value is -1.25. The molecular formula is C15H19N3O3S2. The fourth-order valence-corrected chi connectivity index (χ4v) is 5.71. The molecule has 2 aliphatic rings. The zero-order valence-corrected chi connectivity index (χ0v) is 14.4. The van der Waals surface area contributed by atoms with Crippen LogP contribution in [-0.2, 0) is 10.0 Å². The molecule has 23 heavy (non-hydrogen) atoms. The van der Waals surface area contributed by atoms with Crippen molar-refractivity contribution in [3.8, 4) is 10.8 Å². The van der Waals surface area contributed by atoms with Gasteiger partial charge >= 0.3 is 0 Å². The van der Waals surface area contributed by atoms with Crippen molar-refractivity contribution in [3.05, 3.63) is 18.0 Å². The van der Waals surface area contributed by atoms with E-state index in [0.29, 0.717) is 35.0 Å². The van der Waals surface area contributed by atoms with E-state index in [0.717, 1.165) is 43.4 Å². The SMILES string of the molecule is O=S(=O)(c1ccc(-c2nnc(C3CC3)o2)s1)N1CCCCCC1. The first kappa shape index (κ1) is 15.3. The van der Waals surface area contributed by atoms with Crippen molar-refractivity contribution in [2.24, 2.45) is 0 Å². The van der Waals surface area contributed by atoms with E-state index in [1.165, 1.54) is 11.3 Å². The summed E-state index contributed by atoms with van der Waals surface area (Å²) in [4.78, 5) is 0.720. The molecule has 1 saturated heterocycles. The number of thiophene rings is 1. The van der Waals surface area contributed by atoms with Crippen LogP contribution in [0.5, 0.6) is 0 Å². The Balaban J connectivity index is 1.58. The van der Waals surface area contributed by atoms with E-state index in [4.69, 9.17) is 4.42 Å². The van der Waals surface area contributed by atoms with E-state index < -0.39 is 10.0 Å². The molecule has 1 aliphatic carbocycles. The van der Waals surface area contributed by atoms with E-state index in [-0.39, 0.29) is 0 Å². The predicted molar refractivity (Wildman–Crippen MR) is 86.8 cm³/mol. The lowest BCUT2D eigenvalue weighted by molar-refractivity contribution is 0.425. The molecule has 2 aromatic heterocycles. The zero-order valence-electron chi connectivity index (χ0n) is 12.8. The average Bonchev–Trinajstić information content (AvgIpc) is 3.16. The van der Waals surface area contributed by atoms with Gasteiger partial charge in [0.2, 0.25) is 5.89 Å². The molecule has 0 aromatic carbocycles. The molecule has 0 unspecified atom stereocenters. The van der Waals surface area contributed by atoms with E-state index in [1.54, 1.807) is 16.4 Å². The maximum absolute atomic E-state index is 12.8. The van der Waals surface area contributed by atoms with Crippen LogP contribution in [0, 0.1) is 0 Å². The van der Waals surface area contributed by atoms with E-state index in [1.807, 2.05) is 0 Å². The van der Waals surface area contributed by atoms with Gasteiger partial charge in [-0.05, 0) is 37.8 Å². The molecule has 124 valence electrons. The van der Waals surface area contributed by atoms with Crippen molar-refractivity contribution >= 4 is 21.4 Å². The van der Waals surface area contributed by atoms with Gasteiger partial charge < -0.3 is 4.42 Å². The van der Waals surface area contributed by atoms with Gasteiger partial charge in [-0.25, -0.2) is 8.42 Å². The zero-order chi connectivity index (χ0) is 15.9. The lowest BCUT2D eigenvalue weighted by Crippen LogP contribution is -2.31. The summed E-state index contributed by atoms with van der Waals surface area (Å²) in [5.41, 5.74) is 0. The van der Waals surface area contributed by atoms with Crippen LogP contribution in [0.1, 0.15) is 50.3 Å². The second-order valence-corrected chi connectivity index (χ2v) is 9.41. The highest BCUT2D eigenvalue weighted by molar-refractivity contribution is 7.91. The van der Waals surface area contributed by atoms with Crippen LogP contribution in [-0.4, -0.2) is 36.0 Å². The minimum absolute atomic E-state index is 0.362. The van der Waals surface area contributed by atoms with Gasteiger partial charge in [-0.15, -0.1) is 21.5 Å². The largest absolute Gasteiger partial charge is 0.420 e. The van der Waals surface area contributed by atoms with Gasteiger partial charge in [0.05, 0.1) is 4.88 Å². The Kier molecular flexibility index (Phi) is 3.98. The molecule has 0 N–H and O–H groups in total. The van der Waals surface area contributed by atoms with Gasteiger partial charge in [0.15, 0.2) is 0 Å². The Morgan fingerprint density at radius 3 is 2.52 bits per heavy atom. The summed E-state index contributed by atoms with van der Waals surface area (Å²) in [7, 11) is -3.41. The van der Waals surface area contributed by atoms with Crippen LogP contribution in [0.3, 0.4) is 0 Å². The van der Waals surface area contributed by atoms with Crippen LogP contribution < -0.4 is 0 Å². The highest BCUT2D eigenvalue weighted by Crippen LogP contribution is 2.41. The standard InChI is InChI=1S/C15H19N3O3S2/c19-23(20,18-9-3-1-2-4-10-18)13-8-7-12(22-13)15-17-16-14(21-15)11-5-6-11/h7-8,11H,1-6,9-10H2. The highest BCUT2D eigenvalue weighted by atomic mass is 32.2. The molecule has 0 bridgehead atoms. The molecule has 8 heteroatoms. The molecule has 0 amide bonds. The first-order chi connectivity index (χ1) is 11.1. The second kappa shape index (κ2) is 5.99. The third-order valence-electron chi connectivity index (χ3n) is 4.32. The van der Waals surface area contributed by atoms with Crippen molar-refractivity contribution in [1.82, 2.24) is 14.5 Å². The van der Waals surface area contributed by atoms with Crippen LogP contribution in [0.4, 0.5) is 0 Å². The van der Waals surface area contributed by atoms with E-state index >= 15 is 0 Å². The normalized spacial score (nSPS) is 20.5. The predicted octanol–water partition coefficient (Wildman–Crippen LogP) is 3.24. The van der Waals surface area contributed by atoms with Gasteiger partial charge in [0.1, 0.15) is 4.21 Å². The van der Waals surface area contributed by atoms with Crippen molar-refractivity contribution in [1.29, 1.82) is 0 Å². The average molecular weight is 353 g/mol. The van der Waals surface area contributed by atoms with Crippen molar-refractivity contribution in [2.75, 3.05) is 13.1 Å². The molecule has 0 radical (unpaired) electrons. The van der Waals surface area contributed by atoms with Gasteiger partial charge in [-0.1, -0.05) is 12.8 Å². The molecule has 1 saturated carbocycles. The first-order valence-electron chi connectivity index (χ1n) is 8.08. The summed E-state index contributed by atoms with van der Waals surface area (Å²) in [6, 6.07) is 3.42. The first-order valence-corrected chi connectivity index (χ1v) is 10.3. The summed E-state index contributed by atoms with van der Waals surface area (Å²) < 4.78 is 33.2. The van der Waals surface area contributed by atoms with E-state index in [2.05, 4.69) is 10.2 Å². The topological polar surface area (TPSA) is 76.3 Å². The summed E-state index contributed by atoms with van der Waals surface area (Å²) in [5, 5.41) is 8.11. The van der Waals surface area contributed by atoms with Gasteiger partial charge in [-0.3, -0.25) is 0 Å². The maximum Gasteiger partial charge on any atom is 0.257 e. The van der Waals surface area contributed by atoms with Crippen molar-refractivity contribution in [2.45, 2.75) is 48.7 Å². The summed E-state index contributed by atoms with van der Waals surface area (Å²) >= 11 is 1.21. The molecule has 0 spiro atoms. The number of hydrogen-bond donors (Lipinski definition) is 0. The minimum atomic E-state index is -3.41. The van der Waals surface area contributed by atoms with Crippen LogP contribution in [0.15, 0.2) is 20.8 Å².